The van der Waals surface area contributed by atoms with Gasteiger partial charge in [-0.15, -0.1) is 0 Å². The minimum absolute atomic E-state index is 0.209. The summed E-state index contributed by atoms with van der Waals surface area (Å²) in [5.41, 5.74) is 2.03. The summed E-state index contributed by atoms with van der Waals surface area (Å²) in [7, 11) is 0. The van der Waals surface area contributed by atoms with Gasteiger partial charge in [-0.2, -0.15) is 0 Å². The first-order valence-electron chi connectivity index (χ1n) is 6.36. The number of anilines is 1. The Kier molecular flexibility index (Phi) is 3.81. The quantitative estimate of drug-likeness (QED) is 0.641. The molecule has 0 atom stereocenters. The number of nitrogens with zero attached hydrogens (tertiary/aromatic N) is 2. The van der Waals surface area contributed by atoms with Gasteiger partial charge in [0.2, 0.25) is 0 Å². The third kappa shape index (κ3) is 2.46. The summed E-state index contributed by atoms with van der Waals surface area (Å²) in [4.78, 5) is 13.0. The number of hydrogen-bond acceptors (Lipinski definition) is 4. The molecule has 1 aliphatic heterocycles. The van der Waals surface area contributed by atoms with Crippen LogP contribution in [0.15, 0.2) is 18.2 Å². The van der Waals surface area contributed by atoms with E-state index in [0.717, 1.165) is 37.3 Å². The molecule has 0 unspecified atom stereocenters. The van der Waals surface area contributed by atoms with Crippen LogP contribution in [0.25, 0.3) is 0 Å². The van der Waals surface area contributed by atoms with Crippen molar-refractivity contribution in [3.05, 3.63) is 33.9 Å². The summed E-state index contributed by atoms with van der Waals surface area (Å²) in [6, 6.07) is 5.71. The lowest BCUT2D eigenvalue weighted by Gasteiger charge is -2.39. The van der Waals surface area contributed by atoms with E-state index in [4.69, 9.17) is 0 Å². The monoisotopic (exact) mass is 249 g/mol. The molecular weight excluding hydrogens is 230 g/mol. The van der Waals surface area contributed by atoms with E-state index in [1.165, 1.54) is 0 Å². The summed E-state index contributed by atoms with van der Waals surface area (Å²) >= 11 is 0. The maximum absolute atomic E-state index is 11.1. The highest BCUT2D eigenvalue weighted by Crippen LogP contribution is 2.31. The van der Waals surface area contributed by atoms with Gasteiger partial charge in [-0.3, -0.25) is 10.1 Å². The van der Waals surface area contributed by atoms with Crippen molar-refractivity contribution < 1.29 is 4.92 Å². The summed E-state index contributed by atoms with van der Waals surface area (Å²) in [6.45, 7) is 6.74. The van der Waals surface area contributed by atoms with E-state index >= 15 is 0 Å². The Bertz CT molecular complexity index is 444. The highest BCUT2D eigenvalue weighted by molar-refractivity contribution is 5.65. The van der Waals surface area contributed by atoms with Crippen molar-refractivity contribution in [3.63, 3.8) is 0 Å². The Balaban J connectivity index is 2.37. The highest BCUT2D eigenvalue weighted by Gasteiger charge is 2.28. The molecule has 0 spiro atoms. The molecule has 0 aromatic heterocycles. The minimum atomic E-state index is -0.288. The Labute approximate surface area is 107 Å². The van der Waals surface area contributed by atoms with Gasteiger partial charge in [0.15, 0.2) is 0 Å². The van der Waals surface area contributed by atoms with Crippen LogP contribution >= 0.6 is 0 Å². The van der Waals surface area contributed by atoms with E-state index in [1.807, 2.05) is 13.0 Å². The van der Waals surface area contributed by atoms with Crippen molar-refractivity contribution in [2.24, 2.45) is 0 Å². The minimum Gasteiger partial charge on any atom is -0.360 e. The Morgan fingerprint density at radius 1 is 1.50 bits per heavy atom. The van der Waals surface area contributed by atoms with E-state index in [0.29, 0.717) is 6.04 Å². The molecule has 5 nitrogen and oxygen atoms in total. The van der Waals surface area contributed by atoms with Crippen LogP contribution in [0, 0.1) is 17.0 Å². The molecule has 1 heterocycles. The van der Waals surface area contributed by atoms with Crippen molar-refractivity contribution >= 4 is 11.4 Å². The Hall–Kier alpha value is -1.62. The fourth-order valence-electron chi connectivity index (χ4n) is 2.25. The van der Waals surface area contributed by atoms with E-state index in [-0.39, 0.29) is 10.6 Å². The Morgan fingerprint density at radius 2 is 2.22 bits per heavy atom. The molecule has 0 aliphatic carbocycles. The molecule has 1 aromatic carbocycles. The molecule has 1 aliphatic rings. The van der Waals surface area contributed by atoms with Crippen LogP contribution in [0.1, 0.15) is 18.9 Å². The van der Waals surface area contributed by atoms with Crippen molar-refractivity contribution in [1.82, 2.24) is 5.32 Å². The van der Waals surface area contributed by atoms with Gasteiger partial charge < -0.3 is 10.2 Å². The summed E-state index contributed by atoms with van der Waals surface area (Å²) in [5.74, 6) is 0. The van der Waals surface area contributed by atoms with Crippen LogP contribution in [-0.2, 0) is 0 Å². The number of aryl methyl sites for hydroxylation is 1. The molecule has 1 fully saturated rings. The molecule has 1 N–H and O–H groups in total. The van der Waals surface area contributed by atoms with Gasteiger partial charge in [0.1, 0.15) is 5.69 Å². The lowest BCUT2D eigenvalue weighted by Crippen LogP contribution is -2.57. The lowest BCUT2D eigenvalue weighted by atomic mass is 10.1. The molecule has 1 saturated heterocycles. The first kappa shape index (κ1) is 12.8. The molecule has 5 heteroatoms. The van der Waals surface area contributed by atoms with Gasteiger partial charge in [0, 0.05) is 25.7 Å². The van der Waals surface area contributed by atoms with Gasteiger partial charge in [-0.25, -0.2) is 0 Å². The second-order valence-corrected chi connectivity index (χ2v) is 4.75. The molecule has 1 aromatic rings. The SMILES string of the molecule is CCCN(c1cc(C)ccc1[N+](=O)[O-])C1CNC1. The molecule has 0 radical (unpaired) electrons. The maximum Gasteiger partial charge on any atom is 0.292 e. The largest absolute Gasteiger partial charge is 0.360 e. The number of nitrogens with one attached hydrogen (secondary N) is 1. The maximum atomic E-state index is 11.1. The van der Waals surface area contributed by atoms with Crippen molar-refractivity contribution in [2.45, 2.75) is 26.3 Å². The molecule has 2 rings (SSSR count). The molecule has 98 valence electrons. The van der Waals surface area contributed by atoms with Crippen LogP contribution in [0.3, 0.4) is 0 Å². The normalized spacial score (nSPS) is 15.2. The standard InChI is InChI=1S/C13H19N3O2/c1-3-6-15(11-8-14-9-11)13-7-10(2)4-5-12(13)16(17)18/h4-5,7,11,14H,3,6,8-9H2,1-2H3. The van der Waals surface area contributed by atoms with Crippen molar-refractivity contribution in [2.75, 3.05) is 24.5 Å². The first-order chi connectivity index (χ1) is 8.63. The number of hydrogen-bond donors (Lipinski definition) is 1. The number of rotatable bonds is 5. The van der Waals surface area contributed by atoms with Crippen LogP contribution in [0.4, 0.5) is 11.4 Å². The number of benzene rings is 1. The predicted molar refractivity (Wildman–Crippen MR) is 72.1 cm³/mol. The lowest BCUT2D eigenvalue weighted by molar-refractivity contribution is -0.384. The Morgan fingerprint density at radius 3 is 2.72 bits per heavy atom. The average molecular weight is 249 g/mol. The van der Waals surface area contributed by atoms with Crippen LogP contribution < -0.4 is 10.2 Å². The van der Waals surface area contributed by atoms with Gasteiger partial charge >= 0.3 is 0 Å². The third-order valence-corrected chi connectivity index (χ3v) is 3.30. The van der Waals surface area contributed by atoms with Crippen LogP contribution in [0.5, 0.6) is 0 Å². The average Bonchev–Trinajstić information content (AvgIpc) is 2.25. The topological polar surface area (TPSA) is 58.4 Å². The van der Waals surface area contributed by atoms with E-state index < -0.39 is 0 Å². The fraction of sp³-hybridized carbons (Fsp3) is 0.538. The van der Waals surface area contributed by atoms with E-state index in [9.17, 15) is 10.1 Å². The van der Waals surface area contributed by atoms with E-state index in [2.05, 4.69) is 17.1 Å². The second kappa shape index (κ2) is 5.35. The van der Waals surface area contributed by atoms with Gasteiger partial charge in [-0.05, 0) is 25.0 Å². The van der Waals surface area contributed by atoms with Crippen LogP contribution in [0.2, 0.25) is 0 Å². The zero-order valence-corrected chi connectivity index (χ0v) is 10.8. The smallest absolute Gasteiger partial charge is 0.292 e. The van der Waals surface area contributed by atoms with Crippen molar-refractivity contribution in [1.29, 1.82) is 0 Å². The van der Waals surface area contributed by atoms with Crippen molar-refractivity contribution in [3.8, 4) is 0 Å². The number of nitro benzene ring substituents is 1. The number of nitro groups is 1. The second-order valence-electron chi connectivity index (χ2n) is 4.75. The van der Waals surface area contributed by atoms with Crippen LogP contribution in [-0.4, -0.2) is 30.6 Å². The van der Waals surface area contributed by atoms with Gasteiger partial charge in [-0.1, -0.05) is 13.0 Å². The highest BCUT2D eigenvalue weighted by atomic mass is 16.6. The first-order valence-corrected chi connectivity index (χ1v) is 6.36. The molecular formula is C13H19N3O2. The summed E-state index contributed by atoms with van der Waals surface area (Å²) < 4.78 is 0. The molecule has 0 amide bonds. The zero-order chi connectivity index (χ0) is 13.1. The predicted octanol–water partition coefficient (Wildman–Crippen LogP) is 2.09. The summed E-state index contributed by atoms with van der Waals surface area (Å²) in [6.07, 6.45) is 0.988. The van der Waals surface area contributed by atoms with Gasteiger partial charge in [0.05, 0.1) is 11.0 Å². The van der Waals surface area contributed by atoms with E-state index in [1.54, 1.807) is 12.1 Å². The summed E-state index contributed by atoms with van der Waals surface area (Å²) in [5, 5.41) is 14.4. The zero-order valence-electron chi connectivity index (χ0n) is 10.8. The third-order valence-electron chi connectivity index (χ3n) is 3.30. The fourth-order valence-corrected chi connectivity index (χ4v) is 2.25. The van der Waals surface area contributed by atoms with Gasteiger partial charge in [0.25, 0.3) is 5.69 Å². The molecule has 0 saturated carbocycles. The molecule has 0 bridgehead atoms. The molecule has 18 heavy (non-hydrogen) atoms.